The number of nitrogens with zero attached hydrogens (tertiary/aromatic N) is 2. The zero-order chi connectivity index (χ0) is 14.7. The maximum absolute atomic E-state index is 11.8. The lowest BCUT2D eigenvalue weighted by molar-refractivity contribution is -0.0172. The van der Waals surface area contributed by atoms with E-state index in [1.165, 1.54) is 0 Å². The van der Waals surface area contributed by atoms with Crippen LogP contribution in [0, 0.1) is 11.3 Å². The molecule has 1 aliphatic heterocycles. The van der Waals surface area contributed by atoms with Crippen LogP contribution in [0.25, 0.3) is 0 Å². The van der Waals surface area contributed by atoms with Crippen molar-refractivity contribution in [3.63, 3.8) is 0 Å². The van der Waals surface area contributed by atoms with Gasteiger partial charge in [0.05, 0.1) is 23.8 Å². The van der Waals surface area contributed by atoms with Crippen LogP contribution in [0.4, 0.5) is 5.69 Å². The van der Waals surface area contributed by atoms with Crippen LogP contribution in [0.15, 0.2) is 18.2 Å². The minimum absolute atomic E-state index is 0.0247. The lowest BCUT2D eigenvalue weighted by Gasteiger charge is -2.38. The molecule has 2 unspecified atom stereocenters. The Morgan fingerprint density at radius 2 is 2.25 bits per heavy atom. The molecule has 0 aliphatic carbocycles. The fourth-order valence-corrected chi connectivity index (χ4v) is 2.63. The van der Waals surface area contributed by atoms with Gasteiger partial charge in [0.2, 0.25) is 0 Å². The number of hydrogen-bond donors (Lipinski definition) is 0. The molecular weight excluding hydrogens is 252 g/mol. The Morgan fingerprint density at radius 1 is 1.50 bits per heavy atom. The van der Waals surface area contributed by atoms with Gasteiger partial charge in [-0.3, -0.25) is 4.79 Å². The van der Waals surface area contributed by atoms with Gasteiger partial charge in [0, 0.05) is 24.3 Å². The molecule has 1 aliphatic rings. The second-order valence-electron chi connectivity index (χ2n) is 5.28. The fourth-order valence-electron chi connectivity index (χ4n) is 2.63. The molecule has 4 nitrogen and oxygen atoms in total. The third-order valence-corrected chi connectivity index (χ3v) is 3.63. The quantitative estimate of drug-likeness (QED) is 0.794. The number of carbonyl (C=O) groups is 1. The van der Waals surface area contributed by atoms with Crippen LogP contribution in [0.2, 0.25) is 0 Å². The van der Waals surface area contributed by atoms with Gasteiger partial charge in [-0.2, -0.15) is 5.26 Å². The zero-order valence-corrected chi connectivity index (χ0v) is 12.2. The highest BCUT2D eigenvalue weighted by Gasteiger charge is 2.26. The summed E-state index contributed by atoms with van der Waals surface area (Å²) in [5, 5.41) is 9.06. The number of carbonyl (C=O) groups excluding carboxylic acids is 1. The molecule has 1 aromatic rings. The molecule has 20 heavy (non-hydrogen) atoms. The van der Waals surface area contributed by atoms with Crippen LogP contribution in [0.3, 0.4) is 0 Å². The van der Waals surface area contributed by atoms with Crippen molar-refractivity contribution in [2.75, 3.05) is 18.0 Å². The van der Waals surface area contributed by atoms with Crippen LogP contribution >= 0.6 is 0 Å². The van der Waals surface area contributed by atoms with Crippen molar-refractivity contribution in [3.8, 4) is 6.07 Å². The summed E-state index contributed by atoms with van der Waals surface area (Å²) in [5.74, 6) is 0.0247. The molecule has 0 saturated carbocycles. The first-order valence-electron chi connectivity index (χ1n) is 7.00. The third-order valence-electron chi connectivity index (χ3n) is 3.63. The predicted molar refractivity (Wildman–Crippen MR) is 78.0 cm³/mol. The van der Waals surface area contributed by atoms with E-state index in [2.05, 4.69) is 17.9 Å². The van der Waals surface area contributed by atoms with Gasteiger partial charge in [-0.15, -0.1) is 0 Å². The largest absolute Gasteiger partial charge is 0.372 e. The topological polar surface area (TPSA) is 53.3 Å². The van der Waals surface area contributed by atoms with Crippen LogP contribution in [-0.4, -0.2) is 31.1 Å². The van der Waals surface area contributed by atoms with E-state index in [0.29, 0.717) is 11.1 Å². The molecule has 106 valence electrons. The van der Waals surface area contributed by atoms with Gasteiger partial charge in [0.25, 0.3) is 0 Å². The van der Waals surface area contributed by atoms with Crippen molar-refractivity contribution in [1.29, 1.82) is 5.26 Å². The lowest BCUT2D eigenvalue weighted by atomic mass is 10.0. The normalized spacial score (nSPS) is 22.4. The Balaban J connectivity index is 2.39. The van der Waals surface area contributed by atoms with E-state index in [9.17, 15) is 4.79 Å². The number of nitriles is 1. The van der Waals surface area contributed by atoms with Gasteiger partial charge in [-0.25, -0.2) is 0 Å². The number of rotatable bonds is 3. The van der Waals surface area contributed by atoms with E-state index >= 15 is 0 Å². The summed E-state index contributed by atoms with van der Waals surface area (Å²) in [5.41, 5.74) is 2.11. The maximum atomic E-state index is 11.8. The highest BCUT2D eigenvalue weighted by molar-refractivity contribution is 6.00. The van der Waals surface area contributed by atoms with Gasteiger partial charge in [-0.05, 0) is 38.5 Å². The number of morpholine rings is 1. The SMILES string of the molecule is CCC1CN(c2cc(C#N)ccc2C(C)=O)CC(C)O1. The molecule has 1 fully saturated rings. The summed E-state index contributed by atoms with van der Waals surface area (Å²) in [7, 11) is 0. The minimum atomic E-state index is 0.0247. The van der Waals surface area contributed by atoms with Gasteiger partial charge >= 0.3 is 0 Å². The molecule has 2 rings (SSSR count). The van der Waals surface area contributed by atoms with Gasteiger partial charge in [0.15, 0.2) is 5.78 Å². The van der Waals surface area contributed by atoms with Gasteiger partial charge < -0.3 is 9.64 Å². The summed E-state index contributed by atoms with van der Waals surface area (Å²) in [6.07, 6.45) is 1.23. The molecule has 0 amide bonds. The van der Waals surface area contributed by atoms with Gasteiger partial charge in [-0.1, -0.05) is 6.92 Å². The van der Waals surface area contributed by atoms with E-state index in [-0.39, 0.29) is 18.0 Å². The second-order valence-corrected chi connectivity index (χ2v) is 5.28. The summed E-state index contributed by atoms with van der Waals surface area (Å²) in [6, 6.07) is 7.39. The third kappa shape index (κ3) is 3.00. The maximum Gasteiger partial charge on any atom is 0.161 e. The van der Waals surface area contributed by atoms with Crippen LogP contribution < -0.4 is 4.90 Å². The highest BCUT2D eigenvalue weighted by Crippen LogP contribution is 2.27. The summed E-state index contributed by atoms with van der Waals surface area (Å²) >= 11 is 0. The predicted octanol–water partition coefficient (Wildman–Crippen LogP) is 2.76. The van der Waals surface area contributed by atoms with Crippen molar-refractivity contribution in [1.82, 2.24) is 0 Å². The summed E-state index contributed by atoms with van der Waals surface area (Å²) in [6.45, 7) is 7.20. The molecule has 0 bridgehead atoms. The van der Waals surface area contributed by atoms with Crippen molar-refractivity contribution >= 4 is 11.5 Å². The van der Waals surface area contributed by atoms with E-state index in [1.807, 2.05) is 13.0 Å². The number of ether oxygens (including phenoxy) is 1. The first kappa shape index (κ1) is 14.5. The fraction of sp³-hybridized carbons (Fsp3) is 0.500. The molecule has 2 atom stereocenters. The van der Waals surface area contributed by atoms with E-state index in [1.54, 1.807) is 19.1 Å². The smallest absolute Gasteiger partial charge is 0.161 e. The number of Topliss-reactive ketones (excluding diaryl/α,β-unsaturated/α-hetero) is 1. The molecule has 4 heteroatoms. The van der Waals surface area contributed by atoms with E-state index in [4.69, 9.17) is 10.00 Å². The second kappa shape index (κ2) is 6.06. The first-order chi connectivity index (χ1) is 9.55. The highest BCUT2D eigenvalue weighted by atomic mass is 16.5. The lowest BCUT2D eigenvalue weighted by Crippen LogP contribution is -2.46. The molecule has 0 aromatic heterocycles. The van der Waals surface area contributed by atoms with E-state index in [0.717, 1.165) is 25.2 Å². The number of benzene rings is 1. The average Bonchev–Trinajstić information content (AvgIpc) is 2.45. The molecule has 0 spiro atoms. The van der Waals surface area contributed by atoms with Crippen molar-refractivity contribution in [3.05, 3.63) is 29.3 Å². The zero-order valence-electron chi connectivity index (χ0n) is 12.2. The minimum Gasteiger partial charge on any atom is -0.372 e. The number of hydrogen-bond acceptors (Lipinski definition) is 4. The first-order valence-corrected chi connectivity index (χ1v) is 7.00. The number of ketones is 1. The van der Waals surface area contributed by atoms with Crippen molar-refractivity contribution in [2.24, 2.45) is 0 Å². The summed E-state index contributed by atoms with van der Waals surface area (Å²) < 4.78 is 5.85. The van der Waals surface area contributed by atoms with Crippen molar-refractivity contribution < 1.29 is 9.53 Å². The Hall–Kier alpha value is -1.86. The molecule has 1 aromatic carbocycles. The average molecular weight is 272 g/mol. The Kier molecular flexibility index (Phi) is 4.41. The molecular formula is C16H20N2O2. The van der Waals surface area contributed by atoms with Crippen LogP contribution in [-0.2, 0) is 4.74 Å². The Labute approximate surface area is 120 Å². The van der Waals surface area contributed by atoms with Gasteiger partial charge in [0.1, 0.15) is 0 Å². The standard InChI is InChI=1S/C16H20N2O2/c1-4-14-10-18(9-11(2)20-14)16-7-13(8-17)5-6-15(16)12(3)19/h5-7,11,14H,4,9-10H2,1-3H3. The molecule has 0 radical (unpaired) electrons. The molecule has 1 saturated heterocycles. The summed E-state index contributed by atoms with van der Waals surface area (Å²) in [4.78, 5) is 14.0. The number of anilines is 1. The Morgan fingerprint density at radius 3 is 2.85 bits per heavy atom. The molecule has 1 heterocycles. The van der Waals surface area contributed by atoms with E-state index < -0.39 is 0 Å². The monoisotopic (exact) mass is 272 g/mol. The van der Waals surface area contributed by atoms with Crippen LogP contribution in [0.5, 0.6) is 0 Å². The molecule has 0 N–H and O–H groups in total. The van der Waals surface area contributed by atoms with Crippen LogP contribution in [0.1, 0.15) is 43.1 Å². The Bertz CT molecular complexity index is 548. The van der Waals surface area contributed by atoms with Crippen molar-refractivity contribution in [2.45, 2.75) is 39.4 Å².